The second-order valence-corrected chi connectivity index (χ2v) is 5.98. The van der Waals surface area contributed by atoms with E-state index in [1.54, 1.807) is 6.07 Å². The Hall–Kier alpha value is -1.13. The van der Waals surface area contributed by atoms with Crippen molar-refractivity contribution in [2.75, 3.05) is 5.32 Å². The van der Waals surface area contributed by atoms with Gasteiger partial charge < -0.3 is 5.32 Å². The molecule has 1 heterocycles. The van der Waals surface area contributed by atoms with Crippen molar-refractivity contribution in [1.29, 1.82) is 0 Å². The van der Waals surface area contributed by atoms with Gasteiger partial charge in [-0.2, -0.15) is 0 Å². The van der Waals surface area contributed by atoms with Crippen molar-refractivity contribution in [3.05, 3.63) is 45.3 Å². The smallest absolute Gasteiger partial charge is 0.135 e. The number of benzene rings is 1. The Morgan fingerprint density at radius 2 is 1.95 bits per heavy atom. The van der Waals surface area contributed by atoms with Crippen LogP contribution in [0.3, 0.4) is 0 Å². The number of aryl methyl sites for hydroxylation is 1. The Labute approximate surface area is 126 Å². The van der Waals surface area contributed by atoms with Crippen LogP contribution in [0.5, 0.6) is 0 Å². The number of hydrogen-bond donors (Lipinski definition) is 1. The molecule has 1 aromatic heterocycles. The first-order valence-electron chi connectivity index (χ1n) is 6.03. The lowest BCUT2D eigenvalue weighted by Gasteiger charge is -2.11. The lowest BCUT2D eigenvalue weighted by Crippen LogP contribution is -2.02. The quantitative estimate of drug-likeness (QED) is 0.793. The molecule has 100 valence electrons. The van der Waals surface area contributed by atoms with E-state index in [0.29, 0.717) is 11.0 Å². The van der Waals surface area contributed by atoms with Crippen LogP contribution in [0.2, 0.25) is 5.15 Å². The zero-order valence-electron chi connectivity index (χ0n) is 11.0. The van der Waals surface area contributed by atoms with Crippen molar-refractivity contribution in [3.8, 4) is 0 Å². The maximum atomic E-state index is 6.03. The molecule has 5 heteroatoms. The lowest BCUT2D eigenvalue weighted by molar-refractivity contribution is 0.776. The van der Waals surface area contributed by atoms with Crippen LogP contribution in [0.4, 0.5) is 11.5 Å². The molecule has 0 bridgehead atoms. The van der Waals surface area contributed by atoms with Gasteiger partial charge in [0.2, 0.25) is 0 Å². The van der Waals surface area contributed by atoms with Gasteiger partial charge in [-0.1, -0.05) is 47.4 Å². The highest BCUT2D eigenvalue weighted by molar-refractivity contribution is 9.10. The topological polar surface area (TPSA) is 37.8 Å². The molecule has 0 aliphatic heterocycles. The number of nitrogens with one attached hydrogen (secondary N) is 1. The van der Waals surface area contributed by atoms with E-state index in [0.717, 1.165) is 21.5 Å². The van der Waals surface area contributed by atoms with Crippen molar-refractivity contribution in [1.82, 2.24) is 9.97 Å². The maximum absolute atomic E-state index is 6.03. The van der Waals surface area contributed by atoms with Crippen LogP contribution in [-0.2, 0) is 0 Å². The van der Waals surface area contributed by atoms with Gasteiger partial charge in [-0.3, -0.25) is 0 Å². The standard InChI is InChI=1S/C14H15BrClN3/c1-8(2)14-18-12(16)7-13(19-14)17-11-6-10(15)5-4-9(11)3/h4-8H,1-3H3,(H,17,18,19). The summed E-state index contributed by atoms with van der Waals surface area (Å²) in [6.07, 6.45) is 0. The Morgan fingerprint density at radius 3 is 2.63 bits per heavy atom. The fourth-order valence-corrected chi connectivity index (χ4v) is 2.18. The molecule has 0 fully saturated rings. The average Bonchev–Trinajstić information content (AvgIpc) is 2.33. The van der Waals surface area contributed by atoms with Crippen LogP contribution in [-0.4, -0.2) is 9.97 Å². The highest BCUT2D eigenvalue weighted by Gasteiger charge is 2.08. The third kappa shape index (κ3) is 3.67. The van der Waals surface area contributed by atoms with Gasteiger partial charge in [0.25, 0.3) is 0 Å². The molecule has 0 amide bonds. The lowest BCUT2D eigenvalue weighted by atomic mass is 10.2. The van der Waals surface area contributed by atoms with Crippen molar-refractivity contribution >= 4 is 39.0 Å². The summed E-state index contributed by atoms with van der Waals surface area (Å²) in [5, 5.41) is 3.74. The predicted molar refractivity (Wildman–Crippen MR) is 83.3 cm³/mol. The van der Waals surface area contributed by atoms with Gasteiger partial charge in [0, 0.05) is 22.1 Å². The Kier molecular flexibility index (Phi) is 4.42. The third-order valence-electron chi connectivity index (χ3n) is 2.69. The molecule has 0 saturated heterocycles. The minimum Gasteiger partial charge on any atom is -0.340 e. The number of hydrogen-bond acceptors (Lipinski definition) is 3. The van der Waals surface area contributed by atoms with Crippen LogP contribution in [0.15, 0.2) is 28.7 Å². The zero-order valence-corrected chi connectivity index (χ0v) is 13.4. The molecular formula is C14H15BrClN3. The molecule has 1 aromatic carbocycles. The van der Waals surface area contributed by atoms with Crippen LogP contribution in [0, 0.1) is 6.92 Å². The van der Waals surface area contributed by atoms with Gasteiger partial charge in [0.15, 0.2) is 0 Å². The molecule has 2 aromatic rings. The van der Waals surface area contributed by atoms with E-state index < -0.39 is 0 Å². The maximum Gasteiger partial charge on any atom is 0.135 e. The number of anilines is 2. The van der Waals surface area contributed by atoms with E-state index in [1.165, 1.54) is 0 Å². The fraction of sp³-hybridized carbons (Fsp3) is 0.286. The third-order valence-corrected chi connectivity index (χ3v) is 3.38. The summed E-state index contributed by atoms with van der Waals surface area (Å²) in [6.45, 7) is 6.13. The molecule has 0 atom stereocenters. The van der Waals surface area contributed by atoms with E-state index in [4.69, 9.17) is 11.6 Å². The van der Waals surface area contributed by atoms with E-state index >= 15 is 0 Å². The number of aromatic nitrogens is 2. The van der Waals surface area contributed by atoms with E-state index in [1.807, 2.05) is 39.0 Å². The summed E-state index contributed by atoms with van der Waals surface area (Å²) in [5.41, 5.74) is 2.14. The second kappa shape index (κ2) is 5.88. The first-order chi connectivity index (χ1) is 8.95. The minimum absolute atomic E-state index is 0.239. The molecule has 0 saturated carbocycles. The summed E-state index contributed by atoms with van der Waals surface area (Å²) in [6, 6.07) is 7.79. The Morgan fingerprint density at radius 1 is 1.21 bits per heavy atom. The molecule has 1 N–H and O–H groups in total. The van der Waals surface area contributed by atoms with E-state index in [9.17, 15) is 0 Å². The van der Waals surface area contributed by atoms with E-state index in [2.05, 4.69) is 31.2 Å². The second-order valence-electron chi connectivity index (χ2n) is 4.67. The number of rotatable bonds is 3. The monoisotopic (exact) mass is 339 g/mol. The molecule has 0 aliphatic rings. The highest BCUT2D eigenvalue weighted by atomic mass is 79.9. The molecule has 2 rings (SSSR count). The first kappa shape index (κ1) is 14.3. The van der Waals surface area contributed by atoms with Gasteiger partial charge in [0.1, 0.15) is 16.8 Å². The average molecular weight is 341 g/mol. The van der Waals surface area contributed by atoms with Gasteiger partial charge >= 0.3 is 0 Å². The first-order valence-corrected chi connectivity index (χ1v) is 7.20. The number of nitrogens with zero attached hydrogens (tertiary/aromatic N) is 2. The van der Waals surface area contributed by atoms with Gasteiger partial charge in [-0.15, -0.1) is 0 Å². The predicted octanol–water partition coefficient (Wildman–Crippen LogP) is 5.07. The van der Waals surface area contributed by atoms with Crippen molar-refractivity contribution in [3.63, 3.8) is 0 Å². The van der Waals surface area contributed by atoms with E-state index in [-0.39, 0.29) is 5.92 Å². The molecule has 0 spiro atoms. The summed E-state index contributed by atoms with van der Waals surface area (Å²) >= 11 is 9.49. The van der Waals surface area contributed by atoms with Crippen molar-refractivity contribution in [2.24, 2.45) is 0 Å². The highest BCUT2D eigenvalue weighted by Crippen LogP contribution is 2.25. The van der Waals surface area contributed by atoms with Crippen molar-refractivity contribution < 1.29 is 0 Å². The molecule has 19 heavy (non-hydrogen) atoms. The van der Waals surface area contributed by atoms with Gasteiger partial charge in [-0.25, -0.2) is 9.97 Å². The molecule has 0 unspecified atom stereocenters. The van der Waals surface area contributed by atoms with Crippen LogP contribution in [0.25, 0.3) is 0 Å². The SMILES string of the molecule is Cc1ccc(Br)cc1Nc1cc(Cl)nc(C(C)C)n1. The fourth-order valence-electron chi connectivity index (χ4n) is 1.62. The normalized spacial score (nSPS) is 10.8. The van der Waals surface area contributed by atoms with Crippen LogP contribution >= 0.6 is 27.5 Å². The van der Waals surface area contributed by atoms with Crippen molar-refractivity contribution in [2.45, 2.75) is 26.7 Å². The van der Waals surface area contributed by atoms with Gasteiger partial charge in [0.05, 0.1) is 0 Å². The molecule has 0 aliphatic carbocycles. The summed E-state index contributed by atoms with van der Waals surface area (Å²) in [7, 11) is 0. The van der Waals surface area contributed by atoms with Crippen LogP contribution < -0.4 is 5.32 Å². The summed E-state index contributed by atoms with van der Waals surface area (Å²) < 4.78 is 1.02. The van der Waals surface area contributed by atoms with Gasteiger partial charge in [-0.05, 0) is 24.6 Å². The summed E-state index contributed by atoms with van der Waals surface area (Å²) in [5.74, 6) is 1.69. The molecular weight excluding hydrogens is 326 g/mol. The molecule has 0 radical (unpaired) electrons. The summed E-state index contributed by atoms with van der Waals surface area (Å²) in [4.78, 5) is 8.70. The largest absolute Gasteiger partial charge is 0.340 e. The zero-order chi connectivity index (χ0) is 14.0. The molecule has 3 nitrogen and oxygen atoms in total. The number of halogens is 2. The minimum atomic E-state index is 0.239. The Bertz CT molecular complexity index is 599. The Balaban J connectivity index is 2.35. The van der Waals surface area contributed by atoms with Crippen LogP contribution in [0.1, 0.15) is 31.2 Å².